The third-order valence-corrected chi connectivity index (χ3v) is 5.07. The first-order chi connectivity index (χ1) is 11.0. The summed E-state index contributed by atoms with van der Waals surface area (Å²) < 4.78 is 0. The van der Waals surface area contributed by atoms with Crippen LogP contribution in [0.4, 0.5) is 0 Å². The number of likely N-dealkylation sites (N-methyl/N-ethyl adjacent to an activating group) is 1. The molecule has 1 N–H and O–H groups in total. The first-order valence-electron chi connectivity index (χ1n) is 9.26. The third-order valence-electron chi connectivity index (χ3n) is 5.07. The molecule has 24 heavy (non-hydrogen) atoms. The lowest BCUT2D eigenvalue weighted by atomic mass is 9.79. The van der Waals surface area contributed by atoms with Crippen molar-refractivity contribution in [1.82, 2.24) is 9.80 Å². The van der Waals surface area contributed by atoms with Crippen LogP contribution in [0.1, 0.15) is 64.7 Å². The maximum Gasteiger partial charge on any atom is 0.123 e. The Balaban J connectivity index is 2.37. The highest BCUT2D eigenvalue weighted by atomic mass is 16.3. The Bertz CT molecular complexity index is 566. The highest BCUT2D eigenvalue weighted by Gasteiger charge is 2.25. The topological polar surface area (TPSA) is 26.7 Å². The lowest BCUT2D eigenvalue weighted by Gasteiger charge is -2.29. The molecule has 0 saturated carbocycles. The zero-order chi connectivity index (χ0) is 18.1. The van der Waals surface area contributed by atoms with Gasteiger partial charge in [0.25, 0.3) is 0 Å². The van der Waals surface area contributed by atoms with Crippen LogP contribution in [-0.4, -0.2) is 48.1 Å². The summed E-state index contributed by atoms with van der Waals surface area (Å²) in [5.74, 6) is 0.494. The fraction of sp³-hybridized carbons (Fsp3) is 0.714. The Morgan fingerprint density at radius 2 is 1.58 bits per heavy atom. The zero-order valence-corrected chi connectivity index (χ0v) is 16.7. The predicted molar refractivity (Wildman–Crippen MR) is 103 cm³/mol. The van der Waals surface area contributed by atoms with E-state index in [0.717, 1.165) is 43.9 Å². The van der Waals surface area contributed by atoms with Crippen LogP contribution in [0.15, 0.2) is 12.1 Å². The monoisotopic (exact) mass is 332 g/mol. The van der Waals surface area contributed by atoms with E-state index >= 15 is 0 Å². The number of rotatable bonds is 2. The van der Waals surface area contributed by atoms with Gasteiger partial charge in [-0.15, -0.1) is 0 Å². The van der Waals surface area contributed by atoms with E-state index in [0.29, 0.717) is 5.75 Å². The number of hydrogen-bond acceptors (Lipinski definition) is 3. The molecular weight excluding hydrogens is 296 g/mol. The number of phenolic OH excluding ortho intramolecular Hbond substituents is 1. The highest BCUT2D eigenvalue weighted by molar-refractivity contribution is 5.48. The highest BCUT2D eigenvalue weighted by Crippen LogP contribution is 2.38. The Morgan fingerprint density at radius 3 is 2.17 bits per heavy atom. The lowest BCUT2D eigenvalue weighted by molar-refractivity contribution is 0.265. The summed E-state index contributed by atoms with van der Waals surface area (Å²) in [5.41, 5.74) is 3.49. The van der Waals surface area contributed by atoms with Gasteiger partial charge in [0.15, 0.2) is 0 Å². The summed E-state index contributed by atoms with van der Waals surface area (Å²) in [7, 11) is 2.19. The van der Waals surface area contributed by atoms with Gasteiger partial charge in [-0.25, -0.2) is 0 Å². The smallest absolute Gasteiger partial charge is 0.123 e. The van der Waals surface area contributed by atoms with E-state index in [2.05, 4.69) is 70.5 Å². The Hall–Kier alpha value is -1.06. The Kier molecular flexibility index (Phi) is 5.66. The van der Waals surface area contributed by atoms with Crippen molar-refractivity contribution in [3.05, 3.63) is 28.8 Å². The average molecular weight is 333 g/mol. The summed E-state index contributed by atoms with van der Waals surface area (Å²) >= 11 is 0. The maximum atomic E-state index is 10.9. The fourth-order valence-corrected chi connectivity index (χ4v) is 3.32. The van der Waals surface area contributed by atoms with Gasteiger partial charge in [0.1, 0.15) is 5.75 Å². The molecule has 3 nitrogen and oxygen atoms in total. The van der Waals surface area contributed by atoms with Gasteiger partial charge in [0, 0.05) is 25.2 Å². The first-order valence-corrected chi connectivity index (χ1v) is 9.26. The van der Waals surface area contributed by atoms with E-state index in [1.165, 1.54) is 12.0 Å². The van der Waals surface area contributed by atoms with Crippen LogP contribution in [0, 0.1) is 0 Å². The third kappa shape index (κ3) is 4.73. The van der Waals surface area contributed by atoms with Crippen molar-refractivity contribution < 1.29 is 5.11 Å². The summed E-state index contributed by atoms with van der Waals surface area (Å²) in [5, 5.41) is 10.9. The molecule has 0 unspecified atom stereocenters. The van der Waals surface area contributed by atoms with E-state index in [1.807, 2.05) is 0 Å². The minimum Gasteiger partial charge on any atom is -0.507 e. The normalized spacial score (nSPS) is 18.6. The molecule has 0 aromatic heterocycles. The number of aromatic hydroxyl groups is 1. The van der Waals surface area contributed by atoms with Gasteiger partial charge < -0.3 is 10.0 Å². The molecule has 1 aliphatic rings. The molecule has 0 radical (unpaired) electrons. The van der Waals surface area contributed by atoms with Crippen molar-refractivity contribution in [1.29, 1.82) is 0 Å². The molecule has 1 saturated heterocycles. The molecule has 0 aliphatic carbocycles. The number of benzene rings is 1. The van der Waals surface area contributed by atoms with Crippen molar-refractivity contribution in [2.75, 3.05) is 33.2 Å². The molecule has 0 amide bonds. The molecule has 1 heterocycles. The van der Waals surface area contributed by atoms with Crippen molar-refractivity contribution in [2.24, 2.45) is 0 Å². The summed E-state index contributed by atoms with van der Waals surface area (Å²) in [6.45, 7) is 18.6. The molecule has 1 aliphatic heterocycles. The van der Waals surface area contributed by atoms with E-state index in [-0.39, 0.29) is 10.8 Å². The Labute approximate surface area is 148 Å². The Morgan fingerprint density at radius 1 is 0.917 bits per heavy atom. The predicted octanol–water partition coefficient (Wildman–Crippen LogP) is 4.12. The van der Waals surface area contributed by atoms with Gasteiger partial charge in [-0.05, 0) is 48.5 Å². The standard InChI is InChI=1S/C21H36N2O/c1-20(2,3)17-13-16(19(24)18(14-17)21(4,5)6)15-23-10-8-9-22(7)11-12-23/h13-14,24H,8-12,15H2,1-7H3. The van der Waals surface area contributed by atoms with E-state index in [9.17, 15) is 5.11 Å². The molecule has 0 atom stereocenters. The second kappa shape index (κ2) is 7.05. The van der Waals surface area contributed by atoms with Crippen molar-refractivity contribution >= 4 is 0 Å². The minimum atomic E-state index is -0.0565. The number of hydrogen-bond donors (Lipinski definition) is 1. The van der Waals surface area contributed by atoms with Crippen LogP contribution in [0.25, 0.3) is 0 Å². The lowest BCUT2D eigenvalue weighted by Crippen LogP contribution is -2.29. The van der Waals surface area contributed by atoms with Gasteiger partial charge in [-0.2, -0.15) is 0 Å². The molecule has 1 aromatic rings. The molecule has 136 valence electrons. The quantitative estimate of drug-likeness (QED) is 0.882. The van der Waals surface area contributed by atoms with Gasteiger partial charge in [0.05, 0.1) is 0 Å². The van der Waals surface area contributed by atoms with Crippen molar-refractivity contribution in [3.8, 4) is 5.75 Å². The molecule has 2 rings (SSSR count). The van der Waals surface area contributed by atoms with Crippen LogP contribution in [0.3, 0.4) is 0 Å². The summed E-state index contributed by atoms with van der Waals surface area (Å²) in [6.07, 6.45) is 1.20. The first kappa shape index (κ1) is 19.3. The molecular formula is C21H36N2O. The fourth-order valence-electron chi connectivity index (χ4n) is 3.32. The second-order valence-corrected chi connectivity index (χ2v) is 9.46. The zero-order valence-electron chi connectivity index (χ0n) is 16.7. The molecule has 0 bridgehead atoms. The van der Waals surface area contributed by atoms with Crippen LogP contribution < -0.4 is 0 Å². The van der Waals surface area contributed by atoms with E-state index < -0.39 is 0 Å². The van der Waals surface area contributed by atoms with Crippen molar-refractivity contribution in [2.45, 2.75) is 65.3 Å². The average Bonchev–Trinajstić information content (AvgIpc) is 2.63. The van der Waals surface area contributed by atoms with E-state index in [1.54, 1.807) is 0 Å². The van der Waals surface area contributed by atoms with E-state index in [4.69, 9.17) is 0 Å². The van der Waals surface area contributed by atoms with Crippen LogP contribution in [-0.2, 0) is 17.4 Å². The van der Waals surface area contributed by atoms with Crippen molar-refractivity contribution in [3.63, 3.8) is 0 Å². The molecule has 1 fully saturated rings. The number of phenols is 1. The van der Waals surface area contributed by atoms with Crippen LogP contribution >= 0.6 is 0 Å². The second-order valence-electron chi connectivity index (χ2n) is 9.46. The van der Waals surface area contributed by atoms with Crippen LogP contribution in [0.5, 0.6) is 5.75 Å². The van der Waals surface area contributed by atoms with Gasteiger partial charge in [-0.3, -0.25) is 4.90 Å². The van der Waals surface area contributed by atoms with Gasteiger partial charge >= 0.3 is 0 Å². The molecule has 3 heteroatoms. The largest absolute Gasteiger partial charge is 0.507 e. The maximum absolute atomic E-state index is 10.9. The summed E-state index contributed by atoms with van der Waals surface area (Å²) in [6, 6.07) is 4.42. The SMILES string of the molecule is CN1CCCN(Cc2cc(C(C)(C)C)cc(C(C)(C)C)c2O)CC1. The molecule has 1 aromatic carbocycles. The number of nitrogens with zero attached hydrogens (tertiary/aromatic N) is 2. The molecule has 0 spiro atoms. The minimum absolute atomic E-state index is 0.0565. The van der Waals surface area contributed by atoms with Gasteiger partial charge in [0.2, 0.25) is 0 Å². The summed E-state index contributed by atoms with van der Waals surface area (Å²) in [4.78, 5) is 4.88. The van der Waals surface area contributed by atoms with Gasteiger partial charge in [-0.1, -0.05) is 53.7 Å². The van der Waals surface area contributed by atoms with Crippen LogP contribution in [0.2, 0.25) is 0 Å².